The summed E-state index contributed by atoms with van der Waals surface area (Å²) in [5, 5.41) is 3.05. The molecule has 0 bridgehead atoms. The zero-order chi connectivity index (χ0) is 15.0. The van der Waals surface area contributed by atoms with Crippen LogP contribution in [0.15, 0.2) is 41.8 Å². The van der Waals surface area contributed by atoms with Crippen molar-refractivity contribution in [1.82, 2.24) is 9.55 Å². The molecular formula is C15H12FN3O2. The summed E-state index contributed by atoms with van der Waals surface area (Å²) in [5.41, 5.74) is 2.85. The van der Waals surface area contributed by atoms with Crippen molar-refractivity contribution >= 4 is 16.7 Å². The molecule has 5 nitrogen and oxygen atoms in total. The average molecular weight is 285 g/mol. The number of aryl methyl sites for hydroxylation is 1. The molecule has 106 valence electrons. The van der Waals surface area contributed by atoms with E-state index in [1.807, 2.05) is 7.05 Å². The molecule has 1 heterocycles. The fourth-order valence-corrected chi connectivity index (χ4v) is 2.30. The summed E-state index contributed by atoms with van der Waals surface area (Å²) < 4.78 is 20.5. The highest BCUT2D eigenvalue weighted by atomic mass is 19.1. The van der Waals surface area contributed by atoms with Crippen LogP contribution in [0.25, 0.3) is 22.2 Å². The van der Waals surface area contributed by atoms with Crippen molar-refractivity contribution in [2.45, 2.75) is 0 Å². The Kier molecular flexibility index (Phi) is 3.13. The minimum atomic E-state index is -0.493. The van der Waals surface area contributed by atoms with Gasteiger partial charge in [0.15, 0.2) is 11.6 Å². The number of methoxy groups -OCH3 is 1. The maximum absolute atomic E-state index is 13.8. The van der Waals surface area contributed by atoms with Crippen LogP contribution in [0.4, 0.5) is 10.1 Å². The van der Waals surface area contributed by atoms with Crippen molar-refractivity contribution in [1.29, 1.82) is 0 Å². The average Bonchev–Trinajstić information content (AvgIpc) is 2.86. The van der Waals surface area contributed by atoms with E-state index in [0.717, 1.165) is 11.0 Å². The van der Waals surface area contributed by atoms with Gasteiger partial charge in [0.25, 0.3) is 0 Å². The summed E-state index contributed by atoms with van der Waals surface area (Å²) in [6.07, 6.45) is 1.65. The molecule has 3 aromatic rings. The first kappa shape index (κ1) is 13.2. The van der Waals surface area contributed by atoms with Gasteiger partial charge >= 0.3 is 0 Å². The van der Waals surface area contributed by atoms with Gasteiger partial charge in [-0.3, -0.25) is 0 Å². The lowest BCUT2D eigenvalue weighted by molar-refractivity contribution is 0.386. The highest BCUT2D eigenvalue weighted by Gasteiger charge is 2.13. The van der Waals surface area contributed by atoms with Crippen LogP contribution in [0.2, 0.25) is 0 Å². The molecule has 0 fully saturated rings. The van der Waals surface area contributed by atoms with E-state index in [2.05, 4.69) is 10.2 Å². The summed E-state index contributed by atoms with van der Waals surface area (Å²) in [4.78, 5) is 15.3. The van der Waals surface area contributed by atoms with E-state index in [9.17, 15) is 9.30 Å². The predicted molar refractivity (Wildman–Crippen MR) is 78.1 cm³/mol. The van der Waals surface area contributed by atoms with Crippen molar-refractivity contribution in [3.8, 4) is 16.9 Å². The van der Waals surface area contributed by atoms with Crippen LogP contribution in [0, 0.1) is 10.7 Å². The number of hydrogen-bond donors (Lipinski definition) is 0. The number of fused-ring (bicyclic) bond motifs is 1. The van der Waals surface area contributed by atoms with Crippen LogP contribution in [-0.4, -0.2) is 16.7 Å². The summed E-state index contributed by atoms with van der Waals surface area (Å²) in [6, 6.07) is 7.89. The molecule has 6 heteroatoms. The Morgan fingerprint density at radius 2 is 2.10 bits per heavy atom. The van der Waals surface area contributed by atoms with Gasteiger partial charge in [-0.25, -0.2) is 9.37 Å². The van der Waals surface area contributed by atoms with Gasteiger partial charge in [0, 0.05) is 12.6 Å². The maximum atomic E-state index is 13.8. The fourth-order valence-electron chi connectivity index (χ4n) is 2.30. The lowest BCUT2D eigenvalue weighted by atomic mass is 10.0. The smallest absolute Gasteiger partial charge is 0.165 e. The van der Waals surface area contributed by atoms with E-state index < -0.39 is 5.82 Å². The molecule has 0 aliphatic carbocycles. The van der Waals surface area contributed by atoms with Crippen LogP contribution >= 0.6 is 0 Å². The summed E-state index contributed by atoms with van der Waals surface area (Å²) in [7, 11) is 3.23. The largest absolute Gasteiger partial charge is 0.494 e. The molecule has 0 spiro atoms. The zero-order valence-corrected chi connectivity index (χ0v) is 11.5. The molecule has 0 amide bonds. The molecule has 1 aromatic heterocycles. The minimum Gasteiger partial charge on any atom is -0.494 e. The Bertz CT molecular complexity index is 842. The van der Waals surface area contributed by atoms with Gasteiger partial charge in [-0.2, -0.15) is 0 Å². The minimum absolute atomic E-state index is 0.151. The van der Waals surface area contributed by atoms with Crippen LogP contribution in [0.3, 0.4) is 0 Å². The van der Waals surface area contributed by atoms with Gasteiger partial charge < -0.3 is 9.30 Å². The van der Waals surface area contributed by atoms with Crippen molar-refractivity contribution < 1.29 is 9.13 Å². The van der Waals surface area contributed by atoms with Gasteiger partial charge in [0.2, 0.25) is 0 Å². The van der Waals surface area contributed by atoms with Gasteiger partial charge in [0.1, 0.15) is 5.69 Å². The predicted octanol–water partition coefficient (Wildman–Crippen LogP) is 3.79. The number of nitroso groups, excluding NO2 is 1. The second-order valence-electron chi connectivity index (χ2n) is 4.65. The highest BCUT2D eigenvalue weighted by Crippen LogP contribution is 2.35. The number of imidazole rings is 1. The molecule has 21 heavy (non-hydrogen) atoms. The van der Waals surface area contributed by atoms with Crippen LogP contribution in [-0.2, 0) is 7.05 Å². The van der Waals surface area contributed by atoms with Crippen LogP contribution in [0.5, 0.6) is 5.75 Å². The molecule has 0 aliphatic heterocycles. The number of benzene rings is 2. The van der Waals surface area contributed by atoms with E-state index in [1.165, 1.54) is 19.2 Å². The summed E-state index contributed by atoms with van der Waals surface area (Å²) in [6.45, 7) is 0. The fraction of sp³-hybridized carbons (Fsp3) is 0.133. The van der Waals surface area contributed by atoms with Crippen LogP contribution < -0.4 is 4.74 Å². The molecule has 0 radical (unpaired) electrons. The number of hydrogen-bond acceptors (Lipinski definition) is 4. The zero-order valence-electron chi connectivity index (χ0n) is 11.5. The standard InChI is InChI=1S/C15H12FN3O2/c1-19-8-17-13-6-10(12(18-20)7-14(13)19)9-3-4-15(21-2)11(16)5-9/h3-8H,1-2H3. The Hall–Kier alpha value is -2.76. The van der Waals surface area contributed by atoms with Gasteiger partial charge in [0.05, 0.1) is 24.5 Å². The molecule has 0 N–H and O–H groups in total. The normalized spacial score (nSPS) is 10.8. The molecule has 3 rings (SSSR count). The molecule has 0 atom stereocenters. The third-order valence-electron chi connectivity index (χ3n) is 3.40. The Balaban J connectivity index is 2.23. The third kappa shape index (κ3) is 2.14. The van der Waals surface area contributed by atoms with Gasteiger partial charge in [-0.05, 0) is 35.0 Å². The van der Waals surface area contributed by atoms with Crippen molar-refractivity contribution in [3.63, 3.8) is 0 Å². The number of ether oxygens (including phenoxy) is 1. The molecule has 0 aliphatic rings. The lowest BCUT2D eigenvalue weighted by Crippen LogP contribution is -1.89. The topological polar surface area (TPSA) is 56.5 Å². The van der Waals surface area contributed by atoms with E-state index in [4.69, 9.17) is 4.74 Å². The first-order chi connectivity index (χ1) is 10.1. The number of aromatic nitrogens is 2. The van der Waals surface area contributed by atoms with Gasteiger partial charge in [-0.1, -0.05) is 6.07 Å². The quantitative estimate of drug-likeness (QED) is 0.688. The van der Waals surface area contributed by atoms with Crippen molar-refractivity contribution in [2.24, 2.45) is 12.2 Å². The SMILES string of the molecule is COc1ccc(-c2cc3ncn(C)c3cc2N=O)cc1F. The van der Waals surface area contributed by atoms with Crippen LogP contribution in [0.1, 0.15) is 0 Å². The Morgan fingerprint density at radius 3 is 2.76 bits per heavy atom. The first-order valence-corrected chi connectivity index (χ1v) is 6.26. The first-order valence-electron chi connectivity index (χ1n) is 6.26. The summed E-state index contributed by atoms with van der Waals surface area (Å²) in [5.74, 6) is -0.341. The highest BCUT2D eigenvalue weighted by molar-refractivity contribution is 5.89. The maximum Gasteiger partial charge on any atom is 0.165 e. The molecule has 0 saturated carbocycles. The Labute approximate surface area is 120 Å². The number of nitrogens with zero attached hydrogens (tertiary/aromatic N) is 3. The second-order valence-corrected chi connectivity index (χ2v) is 4.65. The van der Waals surface area contributed by atoms with Crippen molar-refractivity contribution in [2.75, 3.05) is 7.11 Å². The number of rotatable bonds is 3. The molecule has 0 unspecified atom stereocenters. The van der Waals surface area contributed by atoms with E-state index in [1.54, 1.807) is 29.1 Å². The molecule has 2 aromatic carbocycles. The monoisotopic (exact) mass is 285 g/mol. The third-order valence-corrected chi connectivity index (χ3v) is 3.40. The van der Waals surface area contributed by atoms with Crippen molar-refractivity contribution in [3.05, 3.63) is 47.4 Å². The summed E-state index contributed by atoms with van der Waals surface area (Å²) >= 11 is 0. The van der Waals surface area contributed by atoms with Gasteiger partial charge in [-0.15, -0.1) is 4.91 Å². The number of halogens is 1. The van der Waals surface area contributed by atoms with E-state index >= 15 is 0 Å². The second kappa shape index (κ2) is 4.97. The Morgan fingerprint density at radius 1 is 1.29 bits per heavy atom. The van der Waals surface area contributed by atoms with E-state index in [-0.39, 0.29) is 11.4 Å². The molecular weight excluding hydrogens is 273 g/mol. The lowest BCUT2D eigenvalue weighted by Gasteiger charge is -2.07. The molecule has 0 saturated heterocycles. The van der Waals surface area contributed by atoms with E-state index in [0.29, 0.717) is 11.1 Å².